The Hall–Kier alpha value is -1.84. The van der Waals surface area contributed by atoms with E-state index in [2.05, 4.69) is 9.89 Å². The summed E-state index contributed by atoms with van der Waals surface area (Å²) in [6.45, 7) is 1.23. The van der Waals surface area contributed by atoms with Gasteiger partial charge in [-0.15, -0.1) is 0 Å². The van der Waals surface area contributed by atoms with Crippen molar-refractivity contribution in [3.05, 3.63) is 29.8 Å². The van der Waals surface area contributed by atoms with Crippen molar-refractivity contribution in [2.45, 2.75) is 6.42 Å². The SMILES string of the molecule is NC(=O)CCN1CN=Cc2ccccc21. The number of aliphatic imine (C=N–C) groups is 1. The van der Waals surface area contributed by atoms with Crippen LogP contribution >= 0.6 is 0 Å². The van der Waals surface area contributed by atoms with Crippen molar-refractivity contribution < 1.29 is 4.79 Å². The largest absolute Gasteiger partial charge is 0.370 e. The Morgan fingerprint density at radius 2 is 2.27 bits per heavy atom. The molecule has 0 saturated heterocycles. The molecule has 4 nitrogen and oxygen atoms in total. The van der Waals surface area contributed by atoms with E-state index in [1.165, 1.54) is 0 Å². The van der Waals surface area contributed by atoms with Gasteiger partial charge in [0, 0.05) is 30.4 Å². The Morgan fingerprint density at radius 3 is 3.07 bits per heavy atom. The van der Waals surface area contributed by atoms with Gasteiger partial charge in [0.25, 0.3) is 0 Å². The third kappa shape index (κ3) is 2.15. The number of carbonyl (C=O) groups is 1. The van der Waals surface area contributed by atoms with Gasteiger partial charge >= 0.3 is 0 Å². The van der Waals surface area contributed by atoms with Gasteiger partial charge in [0.1, 0.15) is 6.67 Å². The van der Waals surface area contributed by atoms with E-state index in [0.717, 1.165) is 11.3 Å². The quantitative estimate of drug-likeness (QED) is 0.788. The lowest BCUT2D eigenvalue weighted by Crippen LogP contribution is -2.30. The lowest BCUT2D eigenvalue weighted by atomic mass is 10.1. The van der Waals surface area contributed by atoms with Crippen LogP contribution in [0.1, 0.15) is 12.0 Å². The second-order valence-corrected chi connectivity index (χ2v) is 3.49. The molecule has 0 aromatic heterocycles. The highest BCUT2D eigenvalue weighted by molar-refractivity contribution is 5.89. The van der Waals surface area contributed by atoms with Crippen LogP contribution in [0.4, 0.5) is 5.69 Å². The number of fused-ring (bicyclic) bond motifs is 1. The molecule has 1 aliphatic rings. The fourth-order valence-corrected chi connectivity index (χ4v) is 1.63. The zero-order valence-corrected chi connectivity index (χ0v) is 8.39. The molecule has 0 saturated carbocycles. The number of benzene rings is 1. The zero-order valence-electron chi connectivity index (χ0n) is 8.39. The first-order chi connectivity index (χ1) is 7.27. The minimum atomic E-state index is -0.276. The van der Waals surface area contributed by atoms with Crippen molar-refractivity contribution in [2.75, 3.05) is 18.1 Å². The van der Waals surface area contributed by atoms with E-state index in [4.69, 9.17) is 5.73 Å². The molecule has 1 amide bonds. The molecule has 78 valence electrons. The van der Waals surface area contributed by atoms with Gasteiger partial charge in [-0.2, -0.15) is 0 Å². The lowest BCUT2D eigenvalue weighted by molar-refractivity contribution is -0.117. The van der Waals surface area contributed by atoms with Crippen LogP contribution in [0.2, 0.25) is 0 Å². The first kappa shape index (κ1) is 9.71. The van der Waals surface area contributed by atoms with E-state index in [9.17, 15) is 4.79 Å². The maximum absolute atomic E-state index is 10.7. The summed E-state index contributed by atoms with van der Waals surface area (Å²) < 4.78 is 0. The number of carbonyl (C=O) groups excluding carboxylic acids is 1. The van der Waals surface area contributed by atoms with E-state index in [1.54, 1.807) is 0 Å². The number of hydrogen-bond acceptors (Lipinski definition) is 3. The summed E-state index contributed by atoms with van der Waals surface area (Å²) in [5.74, 6) is -0.276. The van der Waals surface area contributed by atoms with Gasteiger partial charge in [-0.25, -0.2) is 0 Å². The number of amides is 1. The van der Waals surface area contributed by atoms with Crippen LogP contribution in [0.25, 0.3) is 0 Å². The number of para-hydroxylation sites is 1. The number of nitrogens with two attached hydrogens (primary N) is 1. The van der Waals surface area contributed by atoms with Crippen molar-refractivity contribution in [3.8, 4) is 0 Å². The molecular formula is C11H13N3O. The van der Waals surface area contributed by atoms with Crippen LogP contribution in [0, 0.1) is 0 Å². The normalized spacial score (nSPS) is 13.7. The number of hydrogen-bond donors (Lipinski definition) is 1. The van der Waals surface area contributed by atoms with Crippen LogP contribution in [-0.4, -0.2) is 25.3 Å². The number of primary amides is 1. The maximum Gasteiger partial charge on any atom is 0.219 e. The first-order valence-corrected chi connectivity index (χ1v) is 4.89. The van der Waals surface area contributed by atoms with E-state index in [0.29, 0.717) is 19.6 Å². The highest BCUT2D eigenvalue weighted by Crippen LogP contribution is 2.21. The molecule has 0 radical (unpaired) electrons. The molecule has 2 rings (SSSR count). The number of nitrogens with zero attached hydrogens (tertiary/aromatic N) is 2. The molecule has 1 heterocycles. The third-order valence-electron chi connectivity index (χ3n) is 2.39. The summed E-state index contributed by atoms with van der Waals surface area (Å²) >= 11 is 0. The molecule has 0 unspecified atom stereocenters. The van der Waals surface area contributed by atoms with E-state index in [-0.39, 0.29) is 5.91 Å². The van der Waals surface area contributed by atoms with E-state index >= 15 is 0 Å². The Kier molecular flexibility index (Phi) is 2.67. The fourth-order valence-electron chi connectivity index (χ4n) is 1.63. The number of rotatable bonds is 3. The van der Waals surface area contributed by atoms with Crippen LogP contribution in [0.15, 0.2) is 29.3 Å². The predicted molar refractivity (Wildman–Crippen MR) is 60.1 cm³/mol. The molecule has 1 aliphatic heterocycles. The highest BCUT2D eigenvalue weighted by atomic mass is 16.1. The monoisotopic (exact) mass is 203 g/mol. The zero-order chi connectivity index (χ0) is 10.7. The first-order valence-electron chi connectivity index (χ1n) is 4.89. The highest BCUT2D eigenvalue weighted by Gasteiger charge is 2.13. The fraction of sp³-hybridized carbons (Fsp3) is 0.273. The van der Waals surface area contributed by atoms with Gasteiger partial charge in [-0.1, -0.05) is 18.2 Å². The van der Waals surface area contributed by atoms with Crippen LogP contribution in [-0.2, 0) is 4.79 Å². The van der Waals surface area contributed by atoms with Crippen molar-refractivity contribution >= 4 is 17.8 Å². The second-order valence-electron chi connectivity index (χ2n) is 3.49. The summed E-state index contributed by atoms with van der Waals surface area (Å²) in [7, 11) is 0. The average Bonchev–Trinajstić information content (AvgIpc) is 2.26. The van der Waals surface area contributed by atoms with Crippen molar-refractivity contribution in [1.29, 1.82) is 0 Å². The van der Waals surface area contributed by atoms with Gasteiger partial charge in [-0.3, -0.25) is 9.79 Å². The standard InChI is InChI=1S/C11H13N3O/c12-11(15)5-6-14-8-13-7-9-3-1-2-4-10(9)14/h1-4,7H,5-6,8H2,(H2,12,15). The molecule has 2 N–H and O–H groups in total. The Labute approximate surface area is 88.4 Å². The third-order valence-corrected chi connectivity index (χ3v) is 2.39. The van der Waals surface area contributed by atoms with Crippen LogP contribution < -0.4 is 10.6 Å². The van der Waals surface area contributed by atoms with Gasteiger partial charge in [-0.05, 0) is 6.07 Å². The Balaban J connectivity index is 2.15. The Bertz CT molecular complexity index is 401. The van der Waals surface area contributed by atoms with Crippen molar-refractivity contribution in [2.24, 2.45) is 10.7 Å². The molecule has 0 fully saturated rings. The smallest absolute Gasteiger partial charge is 0.219 e. The Morgan fingerprint density at radius 1 is 1.47 bits per heavy atom. The van der Waals surface area contributed by atoms with Crippen LogP contribution in [0.3, 0.4) is 0 Å². The molecule has 1 aromatic rings. The van der Waals surface area contributed by atoms with Crippen molar-refractivity contribution in [1.82, 2.24) is 0 Å². The van der Waals surface area contributed by atoms with Gasteiger partial charge in [0.2, 0.25) is 5.91 Å². The summed E-state index contributed by atoms with van der Waals surface area (Å²) in [6, 6.07) is 7.99. The summed E-state index contributed by atoms with van der Waals surface area (Å²) in [5, 5.41) is 0. The average molecular weight is 203 g/mol. The second kappa shape index (κ2) is 4.13. The maximum atomic E-state index is 10.7. The van der Waals surface area contributed by atoms with E-state index < -0.39 is 0 Å². The molecule has 0 aliphatic carbocycles. The summed E-state index contributed by atoms with van der Waals surface area (Å²) in [4.78, 5) is 17.0. The molecule has 15 heavy (non-hydrogen) atoms. The lowest BCUT2D eigenvalue weighted by Gasteiger charge is -2.26. The van der Waals surface area contributed by atoms with Crippen molar-refractivity contribution in [3.63, 3.8) is 0 Å². The van der Waals surface area contributed by atoms with E-state index in [1.807, 2.05) is 30.5 Å². The molecule has 1 aromatic carbocycles. The van der Waals surface area contributed by atoms with Gasteiger partial charge in [0.05, 0.1) is 0 Å². The minimum Gasteiger partial charge on any atom is -0.370 e. The summed E-state index contributed by atoms with van der Waals surface area (Å²) in [6.07, 6.45) is 2.22. The molecule has 0 spiro atoms. The molecule has 0 bridgehead atoms. The molecule has 0 atom stereocenters. The summed E-state index contributed by atoms with van der Waals surface area (Å²) in [5.41, 5.74) is 7.34. The minimum absolute atomic E-state index is 0.276. The van der Waals surface area contributed by atoms with Crippen LogP contribution in [0.5, 0.6) is 0 Å². The van der Waals surface area contributed by atoms with Gasteiger partial charge in [0.15, 0.2) is 0 Å². The topological polar surface area (TPSA) is 58.7 Å². The predicted octanol–water partition coefficient (Wildman–Crippen LogP) is 0.758. The van der Waals surface area contributed by atoms with Gasteiger partial charge < -0.3 is 10.6 Å². The molecule has 4 heteroatoms. The molecular weight excluding hydrogens is 190 g/mol. The number of anilines is 1.